The number of rotatable bonds is 8. The summed E-state index contributed by atoms with van der Waals surface area (Å²) >= 11 is 0. The molecule has 2 aliphatic rings. The fourth-order valence-corrected chi connectivity index (χ4v) is 3.04. The highest BCUT2D eigenvalue weighted by atomic mass is 16.5. The van der Waals surface area contributed by atoms with Crippen molar-refractivity contribution < 1.29 is 23.5 Å². The van der Waals surface area contributed by atoms with Gasteiger partial charge in [-0.1, -0.05) is 0 Å². The number of nitrogens with zero attached hydrogens (tertiary/aromatic N) is 2. The average molecular weight is 364 g/mol. The van der Waals surface area contributed by atoms with Gasteiger partial charge in [0.2, 0.25) is 5.91 Å². The average Bonchev–Trinajstić information content (AvgIpc) is 3.24. The number of amides is 4. The van der Waals surface area contributed by atoms with Crippen LogP contribution in [-0.4, -0.2) is 73.1 Å². The first-order valence-corrected chi connectivity index (χ1v) is 8.84. The molecule has 4 amide bonds. The van der Waals surface area contributed by atoms with Crippen LogP contribution < -0.4 is 10.6 Å². The molecular weight excluding hydrogens is 340 g/mol. The number of hydrogen-bond donors (Lipinski definition) is 2. The maximum atomic E-state index is 12.3. The van der Waals surface area contributed by atoms with Crippen molar-refractivity contribution in [2.45, 2.75) is 25.4 Å². The molecule has 9 nitrogen and oxygen atoms in total. The summed E-state index contributed by atoms with van der Waals surface area (Å²) in [5.74, 6) is -0.137. The van der Waals surface area contributed by atoms with Crippen LogP contribution in [0.5, 0.6) is 0 Å². The molecule has 26 heavy (non-hydrogen) atoms. The standard InChI is InChI=1S/C17H24N4O5/c22-15(18-4-2-5-20-6-9-25-10-7-20)11-14-16(23)21(17(24)19-14)12-13-3-1-8-26-13/h1,3,8,14H,2,4-7,9-12H2,(H,18,22)(H,19,24)/t14-/m1/s1. The van der Waals surface area contributed by atoms with Gasteiger partial charge in [-0.25, -0.2) is 4.79 Å². The van der Waals surface area contributed by atoms with E-state index in [-0.39, 0.29) is 18.9 Å². The fourth-order valence-electron chi connectivity index (χ4n) is 3.04. The predicted octanol–water partition coefficient (Wildman–Crippen LogP) is -0.0714. The largest absolute Gasteiger partial charge is 0.467 e. The molecule has 142 valence electrons. The molecule has 0 aliphatic carbocycles. The molecule has 0 aromatic carbocycles. The smallest absolute Gasteiger partial charge is 0.325 e. The van der Waals surface area contributed by atoms with Crippen LogP contribution in [0.3, 0.4) is 0 Å². The molecule has 0 unspecified atom stereocenters. The Hall–Kier alpha value is -2.39. The zero-order valence-corrected chi connectivity index (χ0v) is 14.6. The van der Waals surface area contributed by atoms with E-state index < -0.39 is 18.0 Å². The van der Waals surface area contributed by atoms with E-state index in [1.54, 1.807) is 12.1 Å². The summed E-state index contributed by atoms with van der Waals surface area (Å²) in [5, 5.41) is 5.36. The van der Waals surface area contributed by atoms with Gasteiger partial charge in [0, 0.05) is 19.6 Å². The molecule has 2 saturated heterocycles. The summed E-state index contributed by atoms with van der Waals surface area (Å²) in [6, 6.07) is 2.05. The highest BCUT2D eigenvalue weighted by molar-refractivity contribution is 6.05. The van der Waals surface area contributed by atoms with Crippen LogP contribution in [0, 0.1) is 0 Å². The molecule has 0 saturated carbocycles. The second kappa shape index (κ2) is 8.81. The second-order valence-corrected chi connectivity index (χ2v) is 6.37. The molecule has 0 radical (unpaired) electrons. The van der Waals surface area contributed by atoms with E-state index in [9.17, 15) is 14.4 Å². The lowest BCUT2D eigenvalue weighted by Gasteiger charge is -2.26. The lowest BCUT2D eigenvalue weighted by molar-refractivity contribution is -0.131. The van der Waals surface area contributed by atoms with Gasteiger partial charge in [-0.2, -0.15) is 0 Å². The van der Waals surface area contributed by atoms with E-state index in [2.05, 4.69) is 15.5 Å². The lowest BCUT2D eigenvalue weighted by atomic mass is 10.2. The molecule has 3 heterocycles. The predicted molar refractivity (Wildman–Crippen MR) is 91.1 cm³/mol. The van der Waals surface area contributed by atoms with Crippen molar-refractivity contribution in [2.24, 2.45) is 0 Å². The van der Waals surface area contributed by atoms with Gasteiger partial charge in [-0.15, -0.1) is 0 Å². The van der Waals surface area contributed by atoms with Crippen LogP contribution in [0.25, 0.3) is 0 Å². The first-order chi connectivity index (χ1) is 12.6. The van der Waals surface area contributed by atoms with Crippen molar-refractivity contribution in [3.8, 4) is 0 Å². The zero-order chi connectivity index (χ0) is 18.4. The summed E-state index contributed by atoms with van der Waals surface area (Å²) in [5.41, 5.74) is 0. The molecule has 0 bridgehead atoms. The van der Waals surface area contributed by atoms with E-state index >= 15 is 0 Å². The summed E-state index contributed by atoms with van der Waals surface area (Å²) in [6.07, 6.45) is 2.26. The minimum atomic E-state index is -0.822. The monoisotopic (exact) mass is 364 g/mol. The van der Waals surface area contributed by atoms with Crippen LogP contribution >= 0.6 is 0 Å². The van der Waals surface area contributed by atoms with Gasteiger partial charge >= 0.3 is 6.03 Å². The first kappa shape index (κ1) is 18.4. The van der Waals surface area contributed by atoms with E-state index in [1.807, 2.05) is 0 Å². The van der Waals surface area contributed by atoms with Crippen molar-refractivity contribution in [1.82, 2.24) is 20.4 Å². The van der Waals surface area contributed by atoms with E-state index in [4.69, 9.17) is 9.15 Å². The fraction of sp³-hybridized carbons (Fsp3) is 0.588. The van der Waals surface area contributed by atoms with Gasteiger partial charge in [0.05, 0.1) is 32.4 Å². The zero-order valence-electron chi connectivity index (χ0n) is 14.6. The van der Waals surface area contributed by atoms with Gasteiger partial charge in [0.25, 0.3) is 5.91 Å². The number of nitrogens with one attached hydrogen (secondary N) is 2. The Labute approximate surface area is 151 Å². The van der Waals surface area contributed by atoms with Crippen LogP contribution in [0.15, 0.2) is 22.8 Å². The third-order valence-corrected chi connectivity index (χ3v) is 4.47. The van der Waals surface area contributed by atoms with Crippen molar-refractivity contribution in [1.29, 1.82) is 0 Å². The highest BCUT2D eigenvalue weighted by Gasteiger charge is 2.39. The van der Waals surface area contributed by atoms with Gasteiger partial charge in [0.15, 0.2) is 0 Å². The molecule has 1 aromatic heterocycles. The van der Waals surface area contributed by atoms with Crippen molar-refractivity contribution >= 4 is 17.8 Å². The molecular formula is C17H24N4O5. The van der Waals surface area contributed by atoms with Crippen LogP contribution in [-0.2, 0) is 20.9 Å². The van der Waals surface area contributed by atoms with Crippen molar-refractivity contribution in [3.63, 3.8) is 0 Å². The number of imide groups is 1. The number of carbonyl (C=O) groups excluding carboxylic acids is 3. The number of morpholine rings is 1. The summed E-state index contributed by atoms with van der Waals surface area (Å²) < 4.78 is 10.5. The number of hydrogen-bond acceptors (Lipinski definition) is 6. The van der Waals surface area contributed by atoms with Gasteiger partial charge < -0.3 is 19.8 Å². The Kier molecular flexibility index (Phi) is 6.24. The first-order valence-electron chi connectivity index (χ1n) is 8.84. The molecule has 1 aromatic rings. The molecule has 0 spiro atoms. The Bertz CT molecular complexity index is 627. The SMILES string of the molecule is O=C(C[C@H]1NC(=O)N(Cc2ccco2)C1=O)NCCCN1CCOCC1. The molecule has 3 rings (SSSR count). The lowest BCUT2D eigenvalue weighted by Crippen LogP contribution is -2.39. The second-order valence-electron chi connectivity index (χ2n) is 6.37. The third kappa shape index (κ3) is 4.83. The van der Waals surface area contributed by atoms with E-state index in [0.29, 0.717) is 12.3 Å². The Balaban J connectivity index is 1.37. The molecule has 2 fully saturated rings. The quantitative estimate of drug-likeness (QED) is 0.494. The Morgan fingerprint density at radius 1 is 1.31 bits per heavy atom. The summed E-state index contributed by atoms with van der Waals surface area (Å²) in [4.78, 5) is 39.7. The Morgan fingerprint density at radius 3 is 2.85 bits per heavy atom. The maximum Gasteiger partial charge on any atom is 0.325 e. The molecule has 9 heteroatoms. The van der Waals surface area contributed by atoms with E-state index in [0.717, 1.165) is 44.2 Å². The maximum absolute atomic E-state index is 12.3. The number of furan rings is 1. The minimum absolute atomic E-state index is 0.0587. The summed E-state index contributed by atoms with van der Waals surface area (Å²) in [7, 11) is 0. The van der Waals surface area contributed by atoms with Gasteiger partial charge in [-0.3, -0.25) is 19.4 Å². The van der Waals surface area contributed by atoms with Gasteiger partial charge in [-0.05, 0) is 25.1 Å². The number of ether oxygens (including phenoxy) is 1. The van der Waals surface area contributed by atoms with E-state index in [1.165, 1.54) is 6.26 Å². The van der Waals surface area contributed by atoms with Crippen LogP contribution in [0.2, 0.25) is 0 Å². The molecule has 1 atom stereocenters. The minimum Gasteiger partial charge on any atom is -0.467 e. The summed E-state index contributed by atoms with van der Waals surface area (Å²) in [6.45, 7) is 4.86. The number of urea groups is 1. The van der Waals surface area contributed by atoms with Gasteiger partial charge in [0.1, 0.15) is 11.8 Å². The van der Waals surface area contributed by atoms with Crippen molar-refractivity contribution in [3.05, 3.63) is 24.2 Å². The highest BCUT2D eigenvalue weighted by Crippen LogP contribution is 2.14. The Morgan fingerprint density at radius 2 is 2.12 bits per heavy atom. The molecule has 2 aliphatic heterocycles. The van der Waals surface area contributed by atoms with Crippen LogP contribution in [0.1, 0.15) is 18.6 Å². The van der Waals surface area contributed by atoms with Crippen LogP contribution in [0.4, 0.5) is 4.79 Å². The normalized spacial score (nSPS) is 21.1. The molecule has 2 N–H and O–H groups in total. The van der Waals surface area contributed by atoms with Crippen molar-refractivity contribution in [2.75, 3.05) is 39.4 Å². The topological polar surface area (TPSA) is 104 Å². The third-order valence-electron chi connectivity index (χ3n) is 4.47. The number of carbonyl (C=O) groups is 3.